The number of aliphatic carboxylic acids is 1. The molecule has 2 aromatic rings. The van der Waals surface area contributed by atoms with E-state index in [-0.39, 0.29) is 5.69 Å². The lowest BCUT2D eigenvalue weighted by atomic mass is 10.1. The van der Waals surface area contributed by atoms with Crippen LogP contribution in [0.2, 0.25) is 0 Å². The molecule has 0 aliphatic heterocycles. The SMILES string of the molecule is CCc1nc2ccc(C)cn2c1C(=O)NC(CC(N)=O)C(=O)O. The summed E-state index contributed by atoms with van der Waals surface area (Å²) in [6.45, 7) is 3.73. The zero-order chi connectivity index (χ0) is 17.1. The topological polar surface area (TPSA) is 127 Å². The van der Waals surface area contributed by atoms with Crippen LogP contribution in [-0.2, 0) is 16.0 Å². The molecule has 2 amide bonds. The Morgan fingerprint density at radius 3 is 2.65 bits per heavy atom. The first-order chi connectivity index (χ1) is 10.8. The zero-order valence-electron chi connectivity index (χ0n) is 12.9. The van der Waals surface area contributed by atoms with Gasteiger partial charge in [0, 0.05) is 6.20 Å². The van der Waals surface area contributed by atoms with Crippen molar-refractivity contribution in [1.82, 2.24) is 14.7 Å². The molecule has 2 aromatic heterocycles. The van der Waals surface area contributed by atoms with Gasteiger partial charge in [-0.3, -0.25) is 14.0 Å². The average molecular weight is 318 g/mol. The standard InChI is InChI=1S/C15H18N4O4/c1-3-9-13(19-7-8(2)4-5-12(19)17-9)14(21)18-10(15(22)23)6-11(16)20/h4-5,7,10H,3,6H2,1-2H3,(H2,16,20)(H,18,21)(H,22,23). The molecule has 23 heavy (non-hydrogen) atoms. The van der Waals surface area contributed by atoms with E-state index in [1.165, 1.54) is 0 Å². The van der Waals surface area contributed by atoms with Crippen molar-refractivity contribution in [3.05, 3.63) is 35.3 Å². The fraction of sp³-hybridized carbons (Fsp3) is 0.333. The predicted molar refractivity (Wildman–Crippen MR) is 82.0 cm³/mol. The molecule has 0 aliphatic carbocycles. The fourth-order valence-electron chi connectivity index (χ4n) is 2.31. The van der Waals surface area contributed by atoms with Gasteiger partial charge in [0.15, 0.2) is 0 Å². The number of carboxylic acids is 1. The van der Waals surface area contributed by atoms with Crippen LogP contribution in [0.25, 0.3) is 5.65 Å². The summed E-state index contributed by atoms with van der Waals surface area (Å²) >= 11 is 0. The lowest BCUT2D eigenvalue weighted by molar-refractivity contribution is -0.140. The Kier molecular flexibility index (Phi) is 4.63. The summed E-state index contributed by atoms with van der Waals surface area (Å²) in [7, 11) is 0. The molecule has 0 radical (unpaired) electrons. The normalized spacial score (nSPS) is 12.1. The molecule has 1 unspecified atom stereocenters. The lowest BCUT2D eigenvalue weighted by Crippen LogP contribution is -2.43. The Hall–Kier alpha value is -2.90. The second-order valence-corrected chi connectivity index (χ2v) is 5.23. The van der Waals surface area contributed by atoms with Gasteiger partial charge < -0.3 is 16.2 Å². The number of fused-ring (bicyclic) bond motifs is 1. The number of nitrogens with two attached hydrogens (primary N) is 1. The van der Waals surface area contributed by atoms with Gasteiger partial charge >= 0.3 is 5.97 Å². The van der Waals surface area contributed by atoms with Crippen LogP contribution in [-0.4, -0.2) is 38.3 Å². The first kappa shape index (κ1) is 16.5. The molecule has 0 aliphatic rings. The number of primary amides is 1. The van der Waals surface area contributed by atoms with E-state index in [2.05, 4.69) is 10.3 Å². The first-order valence-electron chi connectivity index (χ1n) is 7.13. The van der Waals surface area contributed by atoms with E-state index in [1.54, 1.807) is 16.7 Å². The number of pyridine rings is 1. The molecule has 8 nitrogen and oxygen atoms in total. The molecular weight excluding hydrogens is 300 g/mol. The minimum atomic E-state index is -1.37. The van der Waals surface area contributed by atoms with Crippen LogP contribution in [0.15, 0.2) is 18.3 Å². The van der Waals surface area contributed by atoms with Crippen molar-refractivity contribution in [3.63, 3.8) is 0 Å². The first-order valence-corrected chi connectivity index (χ1v) is 7.13. The predicted octanol–water partition coefficient (Wildman–Crippen LogP) is 0.264. The summed E-state index contributed by atoms with van der Waals surface area (Å²) in [5.41, 5.74) is 7.36. The van der Waals surface area contributed by atoms with E-state index in [1.807, 2.05) is 19.9 Å². The maximum Gasteiger partial charge on any atom is 0.326 e. The maximum atomic E-state index is 12.5. The van der Waals surface area contributed by atoms with E-state index >= 15 is 0 Å². The number of carbonyl (C=O) groups is 3. The number of hydrogen-bond acceptors (Lipinski definition) is 4. The molecule has 122 valence electrons. The molecule has 4 N–H and O–H groups in total. The summed E-state index contributed by atoms with van der Waals surface area (Å²) in [4.78, 5) is 39.0. The lowest BCUT2D eigenvalue weighted by Gasteiger charge is -2.13. The number of imidazole rings is 1. The Labute approximate surface area is 132 Å². The monoisotopic (exact) mass is 318 g/mol. The van der Waals surface area contributed by atoms with Crippen LogP contribution in [0.3, 0.4) is 0 Å². The number of aryl methyl sites for hydroxylation is 2. The molecule has 0 saturated carbocycles. The van der Waals surface area contributed by atoms with Crippen molar-refractivity contribution in [2.75, 3.05) is 0 Å². The van der Waals surface area contributed by atoms with Gasteiger partial charge in [-0.05, 0) is 25.0 Å². The fourth-order valence-corrected chi connectivity index (χ4v) is 2.31. The quantitative estimate of drug-likeness (QED) is 0.704. The Morgan fingerprint density at radius 1 is 1.39 bits per heavy atom. The third-order valence-corrected chi connectivity index (χ3v) is 3.40. The highest BCUT2D eigenvalue weighted by atomic mass is 16.4. The molecule has 2 rings (SSSR count). The smallest absolute Gasteiger partial charge is 0.326 e. The van der Waals surface area contributed by atoms with Gasteiger partial charge in [-0.2, -0.15) is 0 Å². The number of amides is 2. The van der Waals surface area contributed by atoms with E-state index in [0.29, 0.717) is 17.8 Å². The second kappa shape index (κ2) is 6.47. The van der Waals surface area contributed by atoms with Crippen molar-refractivity contribution in [3.8, 4) is 0 Å². The van der Waals surface area contributed by atoms with E-state index in [4.69, 9.17) is 10.8 Å². The third kappa shape index (κ3) is 3.47. The number of hydrogen-bond donors (Lipinski definition) is 3. The van der Waals surface area contributed by atoms with Crippen molar-refractivity contribution >= 4 is 23.4 Å². The van der Waals surface area contributed by atoms with Gasteiger partial charge in [0.1, 0.15) is 17.4 Å². The van der Waals surface area contributed by atoms with Crippen LogP contribution in [0.1, 0.15) is 35.1 Å². The molecule has 0 spiro atoms. The summed E-state index contributed by atoms with van der Waals surface area (Å²) in [5.74, 6) is -2.73. The number of rotatable bonds is 6. The Morgan fingerprint density at radius 2 is 2.09 bits per heavy atom. The van der Waals surface area contributed by atoms with Crippen LogP contribution in [0.5, 0.6) is 0 Å². The minimum absolute atomic E-state index is 0.266. The summed E-state index contributed by atoms with van der Waals surface area (Å²) in [5, 5.41) is 11.4. The number of nitrogens with one attached hydrogen (secondary N) is 1. The molecule has 1 atom stereocenters. The van der Waals surface area contributed by atoms with Crippen molar-refractivity contribution in [2.24, 2.45) is 5.73 Å². The Bertz CT molecular complexity index is 781. The number of carboxylic acid groups (broad SMARTS) is 1. The molecule has 2 heterocycles. The van der Waals surface area contributed by atoms with Crippen LogP contribution >= 0.6 is 0 Å². The highest BCUT2D eigenvalue weighted by Crippen LogP contribution is 2.15. The largest absolute Gasteiger partial charge is 0.480 e. The van der Waals surface area contributed by atoms with E-state index in [9.17, 15) is 14.4 Å². The highest BCUT2D eigenvalue weighted by molar-refractivity contribution is 5.98. The van der Waals surface area contributed by atoms with Gasteiger partial charge in [-0.15, -0.1) is 0 Å². The van der Waals surface area contributed by atoms with Gasteiger partial charge in [0.25, 0.3) is 5.91 Å². The van der Waals surface area contributed by atoms with Gasteiger partial charge in [-0.1, -0.05) is 13.0 Å². The molecule has 0 bridgehead atoms. The number of carbonyl (C=O) groups excluding carboxylic acids is 2. The molecular formula is C15H18N4O4. The van der Waals surface area contributed by atoms with Crippen LogP contribution in [0.4, 0.5) is 0 Å². The van der Waals surface area contributed by atoms with Crippen molar-refractivity contribution < 1.29 is 19.5 Å². The van der Waals surface area contributed by atoms with Crippen LogP contribution in [0, 0.1) is 6.92 Å². The average Bonchev–Trinajstić information content (AvgIpc) is 2.83. The molecule has 0 aromatic carbocycles. The number of aromatic nitrogens is 2. The van der Waals surface area contributed by atoms with Crippen LogP contribution < -0.4 is 11.1 Å². The van der Waals surface area contributed by atoms with Gasteiger partial charge in [0.05, 0.1) is 12.1 Å². The summed E-state index contributed by atoms with van der Waals surface area (Å²) < 4.78 is 1.62. The molecule has 0 saturated heterocycles. The van der Waals surface area contributed by atoms with E-state index < -0.39 is 30.2 Å². The van der Waals surface area contributed by atoms with Crippen molar-refractivity contribution in [2.45, 2.75) is 32.7 Å². The Balaban J connectivity index is 2.41. The van der Waals surface area contributed by atoms with Gasteiger partial charge in [0.2, 0.25) is 5.91 Å². The zero-order valence-corrected chi connectivity index (χ0v) is 12.9. The minimum Gasteiger partial charge on any atom is -0.480 e. The highest BCUT2D eigenvalue weighted by Gasteiger charge is 2.26. The third-order valence-electron chi connectivity index (χ3n) is 3.40. The van der Waals surface area contributed by atoms with Gasteiger partial charge in [-0.25, -0.2) is 9.78 Å². The number of nitrogens with zero attached hydrogens (tertiary/aromatic N) is 2. The maximum absolute atomic E-state index is 12.5. The summed E-state index contributed by atoms with van der Waals surface area (Å²) in [6, 6.07) is 2.28. The van der Waals surface area contributed by atoms with E-state index in [0.717, 1.165) is 5.56 Å². The molecule has 0 fully saturated rings. The second-order valence-electron chi connectivity index (χ2n) is 5.23. The van der Waals surface area contributed by atoms with Crippen molar-refractivity contribution in [1.29, 1.82) is 0 Å². The summed E-state index contributed by atoms with van der Waals surface area (Å²) in [6.07, 6.45) is 1.79. The molecule has 8 heteroatoms.